The summed E-state index contributed by atoms with van der Waals surface area (Å²) in [6.07, 6.45) is -0.191. The van der Waals surface area contributed by atoms with Gasteiger partial charge in [0.25, 0.3) is 5.91 Å². The average Bonchev–Trinajstić information content (AvgIpc) is 2.74. The first kappa shape index (κ1) is 25.2. The standard InChI is InChI=1S/C22H29N3O6S/c1-5-25(6-2)32(28,29)18-10-11-20(31-15(3)4)19(13-18)24-21(26)14-30-17-9-7-8-16(12-17)22(23)27/h7-13,15H,5-6,14H2,1-4H3,(H2,23,27)(H,24,26). The largest absolute Gasteiger partial charge is 0.489 e. The van der Waals surface area contributed by atoms with E-state index in [2.05, 4.69) is 5.32 Å². The Morgan fingerprint density at radius 2 is 1.78 bits per heavy atom. The smallest absolute Gasteiger partial charge is 0.262 e. The number of carbonyl (C=O) groups excluding carboxylic acids is 2. The van der Waals surface area contributed by atoms with Crippen LogP contribution < -0.4 is 20.5 Å². The minimum atomic E-state index is -3.72. The molecule has 2 rings (SSSR count). The summed E-state index contributed by atoms with van der Waals surface area (Å²) in [4.78, 5) is 23.8. The van der Waals surface area contributed by atoms with Crippen LogP contribution in [-0.4, -0.2) is 50.3 Å². The van der Waals surface area contributed by atoms with Crippen molar-refractivity contribution in [2.45, 2.75) is 38.7 Å². The summed E-state index contributed by atoms with van der Waals surface area (Å²) < 4.78 is 38.2. The maximum Gasteiger partial charge on any atom is 0.262 e. The normalized spacial score (nSPS) is 11.4. The van der Waals surface area contributed by atoms with Crippen LogP contribution in [0.5, 0.6) is 11.5 Å². The molecule has 3 N–H and O–H groups in total. The van der Waals surface area contributed by atoms with Gasteiger partial charge in [0.1, 0.15) is 11.5 Å². The number of ether oxygens (including phenoxy) is 2. The van der Waals surface area contributed by atoms with E-state index in [0.717, 1.165) is 0 Å². The minimum absolute atomic E-state index is 0.0442. The number of hydrogen-bond acceptors (Lipinski definition) is 6. The third kappa shape index (κ3) is 6.44. The quantitative estimate of drug-likeness (QED) is 0.527. The molecule has 0 aliphatic heterocycles. The van der Waals surface area contributed by atoms with Gasteiger partial charge in [0.05, 0.1) is 16.7 Å². The van der Waals surface area contributed by atoms with E-state index < -0.39 is 21.8 Å². The number of rotatable bonds is 11. The van der Waals surface area contributed by atoms with Crippen LogP contribution in [0.2, 0.25) is 0 Å². The zero-order valence-electron chi connectivity index (χ0n) is 18.6. The summed E-state index contributed by atoms with van der Waals surface area (Å²) in [5.74, 6) is -0.502. The number of amides is 2. The molecule has 10 heteroatoms. The highest BCUT2D eigenvalue weighted by molar-refractivity contribution is 7.89. The van der Waals surface area contributed by atoms with E-state index in [-0.39, 0.29) is 28.9 Å². The molecule has 32 heavy (non-hydrogen) atoms. The molecule has 2 amide bonds. The molecule has 0 aromatic heterocycles. The minimum Gasteiger partial charge on any atom is -0.489 e. The third-order valence-electron chi connectivity index (χ3n) is 4.42. The van der Waals surface area contributed by atoms with Gasteiger partial charge < -0.3 is 20.5 Å². The average molecular weight is 464 g/mol. The zero-order valence-corrected chi connectivity index (χ0v) is 19.4. The number of primary amides is 1. The summed E-state index contributed by atoms with van der Waals surface area (Å²) in [5.41, 5.74) is 5.72. The van der Waals surface area contributed by atoms with Gasteiger partial charge in [0.2, 0.25) is 15.9 Å². The Morgan fingerprint density at radius 3 is 2.38 bits per heavy atom. The lowest BCUT2D eigenvalue weighted by Gasteiger charge is -2.20. The molecule has 174 valence electrons. The number of hydrogen-bond donors (Lipinski definition) is 2. The van der Waals surface area contributed by atoms with Crippen LogP contribution in [0.25, 0.3) is 0 Å². The van der Waals surface area contributed by atoms with Crippen molar-refractivity contribution < 1.29 is 27.5 Å². The van der Waals surface area contributed by atoms with E-state index in [1.54, 1.807) is 26.0 Å². The molecular weight excluding hydrogens is 434 g/mol. The Kier molecular flexibility index (Phi) is 8.62. The Morgan fingerprint density at radius 1 is 1.09 bits per heavy atom. The molecule has 0 unspecified atom stereocenters. The van der Waals surface area contributed by atoms with Crippen molar-refractivity contribution >= 4 is 27.5 Å². The van der Waals surface area contributed by atoms with Gasteiger partial charge in [-0.1, -0.05) is 19.9 Å². The lowest BCUT2D eigenvalue weighted by atomic mass is 10.2. The van der Waals surface area contributed by atoms with Crippen molar-refractivity contribution in [3.8, 4) is 11.5 Å². The number of nitrogens with one attached hydrogen (secondary N) is 1. The highest BCUT2D eigenvalue weighted by atomic mass is 32.2. The summed E-state index contributed by atoms with van der Waals surface area (Å²) >= 11 is 0. The van der Waals surface area contributed by atoms with Crippen molar-refractivity contribution in [1.82, 2.24) is 4.31 Å². The summed E-state index contributed by atoms with van der Waals surface area (Å²) in [6, 6.07) is 10.5. The summed E-state index contributed by atoms with van der Waals surface area (Å²) in [7, 11) is -3.72. The molecule has 0 saturated heterocycles. The van der Waals surface area contributed by atoms with E-state index >= 15 is 0 Å². The van der Waals surface area contributed by atoms with Crippen LogP contribution in [0.15, 0.2) is 47.4 Å². The second kappa shape index (κ2) is 11.0. The van der Waals surface area contributed by atoms with Gasteiger partial charge in [-0.25, -0.2) is 8.42 Å². The van der Waals surface area contributed by atoms with Crippen LogP contribution in [0.4, 0.5) is 5.69 Å². The molecule has 0 atom stereocenters. The number of sulfonamides is 1. The van der Waals surface area contributed by atoms with Gasteiger partial charge in [-0.05, 0) is 50.2 Å². The maximum absolute atomic E-state index is 12.9. The molecule has 0 fully saturated rings. The number of nitrogens with zero attached hydrogens (tertiary/aromatic N) is 1. The molecule has 2 aromatic carbocycles. The number of anilines is 1. The lowest BCUT2D eigenvalue weighted by molar-refractivity contribution is -0.118. The molecule has 0 heterocycles. The number of nitrogens with two attached hydrogens (primary N) is 1. The van der Waals surface area contributed by atoms with Crippen molar-refractivity contribution in [2.24, 2.45) is 5.73 Å². The van der Waals surface area contributed by atoms with Gasteiger partial charge >= 0.3 is 0 Å². The van der Waals surface area contributed by atoms with Gasteiger partial charge in [-0.2, -0.15) is 4.31 Å². The predicted molar refractivity (Wildman–Crippen MR) is 121 cm³/mol. The van der Waals surface area contributed by atoms with Crippen molar-refractivity contribution in [3.63, 3.8) is 0 Å². The van der Waals surface area contributed by atoms with Crippen molar-refractivity contribution in [1.29, 1.82) is 0 Å². The monoisotopic (exact) mass is 463 g/mol. The van der Waals surface area contributed by atoms with Crippen LogP contribution in [-0.2, 0) is 14.8 Å². The Hall–Kier alpha value is -3.11. The van der Waals surface area contributed by atoms with E-state index in [1.165, 1.54) is 34.6 Å². The zero-order chi connectivity index (χ0) is 23.9. The molecule has 0 spiro atoms. The van der Waals surface area contributed by atoms with Gasteiger partial charge in [0, 0.05) is 18.7 Å². The van der Waals surface area contributed by atoms with E-state index in [0.29, 0.717) is 24.6 Å². The predicted octanol–water partition coefficient (Wildman–Crippen LogP) is 2.62. The first-order valence-electron chi connectivity index (χ1n) is 10.2. The fourth-order valence-electron chi connectivity index (χ4n) is 2.91. The molecule has 0 aliphatic rings. The number of benzene rings is 2. The molecule has 2 aromatic rings. The molecule has 0 bridgehead atoms. The molecule has 0 saturated carbocycles. The number of carbonyl (C=O) groups is 2. The first-order valence-corrected chi connectivity index (χ1v) is 11.7. The summed E-state index contributed by atoms with van der Waals surface area (Å²) in [6.45, 7) is 7.43. The highest BCUT2D eigenvalue weighted by Crippen LogP contribution is 2.30. The fraction of sp³-hybridized carbons (Fsp3) is 0.364. The van der Waals surface area contributed by atoms with Crippen molar-refractivity contribution in [2.75, 3.05) is 25.0 Å². The Balaban J connectivity index is 2.24. The fourth-order valence-corrected chi connectivity index (χ4v) is 4.40. The van der Waals surface area contributed by atoms with Crippen LogP contribution in [0.1, 0.15) is 38.1 Å². The topological polar surface area (TPSA) is 128 Å². The van der Waals surface area contributed by atoms with Crippen LogP contribution >= 0.6 is 0 Å². The lowest BCUT2D eigenvalue weighted by Crippen LogP contribution is -2.30. The molecule has 9 nitrogen and oxygen atoms in total. The van der Waals surface area contributed by atoms with Gasteiger partial charge in [-0.3, -0.25) is 9.59 Å². The molecule has 0 radical (unpaired) electrons. The van der Waals surface area contributed by atoms with Crippen LogP contribution in [0.3, 0.4) is 0 Å². The maximum atomic E-state index is 12.9. The highest BCUT2D eigenvalue weighted by Gasteiger charge is 2.23. The van der Waals surface area contributed by atoms with Crippen molar-refractivity contribution in [3.05, 3.63) is 48.0 Å². The molecule has 0 aliphatic carbocycles. The Bertz CT molecular complexity index is 1070. The van der Waals surface area contributed by atoms with Gasteiger partial charge in [0.15, 0.2) is 6.61 Å². The van der Waals surface area contributed by atoms with Crippen LogP contribution in [0, 0.1) is 0 Å². The molecular formula is C22H29N3O6S. The first-order chi connectivity index (χ1) is 15.1. The second-order valence-electron chi connectivity index (χ2n) is 7.14. The van der Waals surface area contributed by atoms with E-state index in [1.807, 2.05) is 13.8 Å². The van der Waals surface area contributed by atoms with E-state index in [4.69, 9.17) is 15.2 Å². The third-order valence-corrected chi connectivity index (χ3v) is 6.47. The SMILES string of the molecule is CCN(CC)S(=O)(=O)c1ccc(OC(C)C)c(NC(=O)COc2cccc(C(N)=O)c2)c1. The Labute approximate surface area is 188 Å². The second-order valence-corrected chi connectivity index (χ2v) is 9.08. The van der Waals surface area contributed by atoms with Gasteiger partial charge in [-0.15, -0.1) is 0 Å². The van der Waals surface area contributed by atoms with E-state index in [9.17, 15) is 18.0 Å². The summed E-state index contributed by atoms with van der Waals surface area (Å²) in [5, 5.41) is 2.65.